The van der Waals surface area contributed by atoms with E-state index in [1.807, 2.05) is 36.8 Å². The van der Waals surface area contributed by atoms with E-state index in [1.165, 1.54) is 47.1 Å². The number of carbonyl (C=O) groups is 1. The number of amides is 1. The molecule has 164 valence electrons. The quantitative estimate of drug-likeness (QED) is 0.496. The summed E-state index contributed by atoms with van der Waals surface area (Å²) in [7, 11) is 0. The first-order valence-corrected chi connectivity index (χ1v) is 12.4. The summed E-state index contributed by atoms with van der Waals surface area (Å²) in [4.78, 5) is 16.8. The molecule has 1 atom stereocenters. The van der Waals surface area contributed by atoms with Crippen LogP contribution in [0.5, 0.6) is 5.75 Å². The molecule has 1 aliphatic rings. The van der Waals surface area contributed by atoms with Crippen molar-refractivity contribution in [3.63, 3.8) is 0 Å². The highest BCUT2D eigenvalue weighted by Crippen LogP contribution is 2.27. The number of aromatic nitrogens is 4. The third kappa shape index (κ3) is 5.27. The molecule has 1 aromatic carbocycles. The van der Waals surface area contributed by atoms with E-state index in [4.69, 9.17) is 4.74 Å². The number of fused-ring (bicyclic) bond motifs is 1. The van der Waals surface area contributed by atoms with Crippen LogP contribution in [-0.4, -0.2) is 30.9 Å². The molecular weight excluding hydrogens is 430 g/mol. The number of rotatable bonds is 8. The molecule has 4 rings (SSSR count). The SMILES string of the molecule is CCn1c(COc2ccc3c(c2)CCCC3)nnc1SC(C)C(=O)Nc1nc(C)cs1. The van der Waals surface area contributed by atoms with Gasteiger partial charge in [0.05, 0.1) is 10.9 Å². The monoisotopic (exact) mass is 457 g/mol. The number of thiazole rings is 1. The van der Waals surface area contributed by atoms with Crippen molar-refractivity contribution >= 4 is 34.1 Å². The van der Waals surface area contributed by atoms with Crippen molar-refractivity contribution in [3.8, 4) is 5.75 Å². The summed E-state index contributed by atoms with van der Waals surface area (Å²) in [5.41, 5.74) is 3.73. The predicted octanol–water partition coefficient (Wildman–Crippen LogP) is 4.64. The van der Waals surface area contributed by atoms with Crippen LogP contribution in [0.3, 0.4) is 0 Å². The largest absolute Gasteiger partial charge is 0.486 e. The summed E-state index contributed by atoms with van der Waals surface area (Å²) in [5.74, 6) is 1.52. The summed E-state index contributed by atoms with van der Waals surface area (Å²) in [5, 5.41) is 14.4. The Bertz CT molecular complexity index is 1060. The number of hydrogen-bond donors (Lipinski definition) is 1. The van der Waals surface area contributed by atoms with Crippen LogP contribution in [0.1, 0.15) is 49.3 Å². The minimum atomic E-state index is -0.326. The van der Waals surface area contributed by atoms with E-state index in [2.05, 4.69) is 32.6 Å². The lowest BCUT2D eigenvalue weighted by molar-refractivity contribution is -0.115. The van der Waals surface area contributed by atoms with Crippen LogP contribution >= 0.6 is 23.1 Å². The van der Waals surface area contributed by atoms with Crippen LogP contribution in [0.25, 0.3) is 0 Å². The number of benzene rings is 1. The molecule has 9 heteroatoms. The van der Waals surface area contributed by atoms with Crippen molar-refractivity contribution < 1.29 is 9.53 Å². The van der Waals surface area contributed by atoms with E-state index in [0.29, 0.717) is 23.4 Å². The minimum absolute atomic E-state index is 0.100. The van der Waals surface area contributed by atoms with Gasteiger partial charge in [-0.3, -0.25) is 4.79 Å². The zero-order valence-corrected chi connectivity index (χ0v) is 19.7. The normalized spacial score (nSPS) is 14.2. The third-order valence-electron chi connectivity index (χ3n) is 5.30. The van der Waals surface area contributed by atoms with Crippen LogP contribution in [-0.2, 0) is 30.8 Å². The molecule has 0 saturated heterocycles. The van der Waals surface area contributed by atoms with Crippen molar-refractivity contribution in [2.75, 3.05) is 5.32 Å². The standard InChI is InChI=1S/C22H27N5O2S2/c1-4-27-19(12-29-18-10-9-16-7-5-6-8-17(16)11-18)25-26-22(27)31-15(3)20(28)24-21-23-14(2)13-30-21/h9-11,13,15H,4-8,12H2,1-3H3,(H,23,24,28). The summed E-state index contributed by atoms with van der Waals surface area (Å²) < 4.78 is 8.03. The number of anilines is 1. The predicted molar refractivity (Wildman–Crippen MR) is 124 cm³/mol. The first kappa shape index (κ1) is 21.8. The fourth-order valence-corrected chi connectivity index (χ4v) is 5.23. The van der Waals surface area contributed by atoms with Crippen LogP contribution in [0, 0.1) is 6.92 Å². The first-order valence-electron chi connectivity index (χ1n) is 10.6. The molecule has 0 radical (unpaired) electrons. The van der Waals surface area contributed by atoms with E-state index in [-0.39, 0.29) is 11.2 Å². The van der Waals surface area contributed by atoms with Crippen molar-refractivity contribution in [1.82, 2.24) is 19.7 Å². The average Bonchev–Trinajstić information content (AvgIpc) is 3.37. The second-order valence-electron chi connectivity index (χ2n) is 7.61. The lowest BCUT2D eigenvalue weighted by Gasteiger charge is -2.17. The van der Waals surface area contributed by atoms with Gasteiger partial charge in [0.2, 0.25) is 5.91 Å². The molecular formula is C22H27N5O2S2. The van der Waals surface area contributed by atoms with Gasteiger partial charge in [-0.2, -0.15) is 0 Å². The highest BCUT2D eigenvalue weighted by atomic mass is 32.2. The number of nitrogens with zero attached hydrogens (tertiary/aromatic N) is 4. The van der Waals surface area contributed by atoms with Gasteiger partial charge < -0.3 is 14.6 Å². The Morgan fingerprint density at radius 3 is 2.84 bits per heavy atom. The zero-order chi connectivity index (χ0) is 21.8. The molecule has 2 aromatic heterocycles. The van der Waals surface area contributed by atoms with Gasteiger partial charge in [-0.1, -0.05) is 17.8 Å². The maximum Gasteiger partial charge on any atom is 0.239 e. The maximum atomic E-state index is 12.5. The Hall–Kier alpha value is -2.39. The maximum absolute atomic E-state index is 12.5. The molecule has 31 heavy (non-hydrogen) atoms. The summed E-state index contributed by atoms with van der Waals surface area (Å²) >= 11 is 2.81. The highest BCUT2D eigenvalue weighted by molar-refractivity contribution is 8.00. The van der Waals surface area contributed by atoms with Crippen LogP contribution < -0.4 is 10.1 Å². The number of aryl methyl sites for hydroxylation is 3. The van der Waals surface area contributed by atoms with Crippen LogP contribution in [0.15, 0.2) is 28.7 Å². The minimum Gasteiger partial charge on any atom is -0.486 e. The van der Waals surface area contributed by atoms with Gasteiger partial charge in [0.1, 0.15) is 12.4 Å². The Balaban J connectivity index is 1.38. The molecule has 2 heterocycles. The fraction of sp³-hybridized carbons (Fsp3) is 0.455. The van der Waals surface area contributed by atoms with E-state index < -0.39 is 0 Å². The highest BCUT2D eigenvalue weighted by Gasteiger charge is 2.21. The van der Waals surface area contributed by atoms with Crippen molar-refractivity contribution in [3.05, 3.63) is 46.2 Å². The van der Waals surface area contributed by atoms with Crippen molar-refractivity contribution in [1.29, 1.82) is 0 Å². The molecule has 1 aliphatic carbocycles. The molecule has 0 bridgehead atoms. The molecule has 3 aromatic rings. The van der Waals surface area contributed by atoms with Gasteiger partial charge in [0, 0.05) is 11.9 Å². The second-order valence-corrected chi connectivity index (χ2v) is 9.78. The Morgan fingerprint density at radius 1 is 1.29 bits per heavy atom. The molecule has 1 N–H and O–H groups in total. The average molecular weight is 458 g/mol. The molecule has 0 spiro atoms. The number of hydrogen-bond acceptors (Lipinski definition) is 7. The van der Waals surface area contributed by atoms with E-state index in [9.17, 15) is 4.79 Å². The smallest absolute Gasteiger partial charge is 0.239 e. The lowest BCUT2D eigenvalue weighted by atomic mass is 9.92. The van der Waals surface area contributed by atoms with Crippen molar-refractivity contribution in [2.45, 2.75) is 70.0 Å². The summed E-state index contributed by atoms with van der Waals surface area (Å²) in [6.07, 6.45) is 4.80. The fourth-order valence-electron chi connectivity index (χ4n) is 3.61. The van der Waals surface area contributed by atoms with Crippen LogP contribution in [0.2, 0.25) is 0 Å². The molecule has 7 nitrogen and oxygen atoms in total. The molecule has 0 saturated carbocycles. The second kappa shape index (κ2) is 9.82. The number of carbonyl (C=O) groups excluding carboxylic acids is 1. The molecule has 1 unspecified atom stereocenters. The van der Waals surface area contributed by atoms with E-state index >= 15 is 0 Å². The van der Waals surface area contributed by atoms with E-state index in [1.54, 1.807) is 0 Å². The zero-order valence-electron chi connectivity index (χ0n) is 18.1. The van der Waals surface area contributed by atoms with Gasteiger partial charge in [-0.05, 0) is 69.7 Å². The number of ether oxygens (including phenoxy) is 1. The van der Waals surface area contributed by atoms with Gasteiger partial charge in [0.15, 0.2) is 16.1 Å². The lowest BCUT2D eigenvalue weighted by Crippen LogP contribution is -2.23. The van der Waals surface area contributed by atoms with Gasteiger partial charge >= 0.3 is 0 Å². The van der Waals surface area contributed by atoms with Gasteiger partial charge in [-0.15, -0.1) is 21.5 Å². The summed E-state index contributed by atoms with van der Waals surface area (Å²) in [6, 6.07) is 6.38. The van der Waals surface area contributed by atoms with Gasteiger partial charge in [-0.25, -0.2) is 4.98 Å². The Kier molecular flexibility index (Phi) is 6.92. The van der Waals surface area contributed by atoms with E-state index in [0.717, 1.165) is 30.1 Å². The Morgan fingerprint density at radius 2 is 2.10 bits per heavy atom. The molecule has 0 fully saturated rings. The Labute approximate surface area is 190 Å². The van der Waals surface area contributed by atoms with Gasteiger partial charge in [0.25, 0.3) is 0 Å². The third-order valence-corrected chi connectivity index (χ3v) is 7.25. The molecule has 0 aliphatic heterocycles. The summed E-state index contributed by atoms with van der Waals surface area (Å²) in [6.45, 7) is 6.86. The van der Waals surface area contributed by atoms with Crippen molar-refractivity contribution in [2.24, 2.45) is 0 Å². The number of thioether (sulfide) groups is 1. The first-order chi connectivity index (χ1) is 15.0. The topological polar surface area (TPSA) is 81.9 Å². The van der Waals surface area contributed by atoms with Crippen LogP contribution in [0.4, 0.5) is 5.13 Å². The molecule has 1 amide bonds. The number of nitrogens with one attached hydrogen (secondary N) is 1.